The van der Waals surface area contributed by atoms with Crippen LogP contribution in [0.15, 0.2) is 36.4 Å². The Hall–Kier alpha value is -2.27. The molecule has 3 rings (SSSR count). The average Bonchev–Trinajstić information content (AvgIpc) is 2.95. The van der Waals surface area contributed by atoms with Crippen molar-refractivity contribution in [2.75, 3.05) is 18.6 Å². The Balaban J connectivity index is 1.92. The topological polar surface area (TPSA) is 47.7 Å². The molecule has 1 unspecified atom stereocenters. The van der Waals surface area contributed by atoms with Crippen molar-refractivity contribution in [3.63, 3.8) is 0 Å². The van der Waals surface area contributed by atoms with Crippen LogP contribution < -0.4 is 20.1 Å². The van der Waals surface area contributed by atoms with Gasteiger partial charge in [-0.1, -0.05) is 0 Å². The lowest BCUT2D eigenvalue weighted by Gasteiger charge is -2.27. The Morgan fingerprint density at radius 3 is 2.40 bits per heavy atom. The fourth-order valence-corrected chi connectivity index (χ4v) is 3.34. The molecule has 0 saturated carbocycles. The van der Waals surface area contributed by atoms with E-state index in [1.165, 1.54) is 6.07 Å². The number of nitrogens with zero attached hydrogens (tertiary/aromatic N) is 1. The van der Waals surface area contributed by atoms with Crippen LogP contribution in [0.2, 0.25) is 0 Å². The van der Waals surface area contributed by atoms with Crippen molar-refractivity contribution in [1.29, 1.82) is 0 Å². The van der Waals surface area contributed by atoms with Gasteiger partial charge in [-0.2, -0.15) is 0 Å². The first-order chi connectivity index (χ1) is 11.8. The van der Waals surface area contributed by atoms with Crippen LogP contribution in [0.25, 0.3) is 0 Å². The molecule has 0 amide bonds. The van der Waals surface area contributed by atoms with E-state index in [0.717, 1.165) is 17.0 Å². The second kappa shape index (κ2) is 6.56. The van der Waals surface area contributed by atoms with Gasteiger partial charge in [0.25, 0.3) is 0 Å². The van der Waals surface area contributed by atoms with E-state index in [4.69, 9.17) is 15.2 Å². The second-order valence-corrected chi connectivity index (χ2v) is 7.23. The maximum Gasteiger partial charge on any atom is 0.129 e. The van der Waals surface area contributed by atoms with Gasteiger partial charge in [0.05, 0.1) is 13.2 Å². The molecule has 1 atom stereocenters. The largest absolute Gasteiger partial charge is 0.496 e. The monoisotopic (exact) mass is 344 g/mol. The van der Waals surface area contributed by atoms with Crippen LogP contribution in [0, 0.1) is 5.82 Å². The highest BCUT2D eigenvalue weighted by Gasteiger charge is 2.34. The highest BCUT2D eigenvalue weighted by Crippen LogP contribution is 2.42. The van der Waals surface area contributed by atoms with E-state index in [1.54, 1.807) is 13.2 Å². The third-order valence-electron chi connectivity index (χ3n) is 4.33. The third-order valence-corrected chi connectivity index (χ3v) is 4.33. The Morgan fingerprint density at radius 1 is 1.16 bits per heavy atom. The Labute approximate surface area is 148 Å². The van der Waals surface area contributed by atoms with Crippen LogP contribution in [-0.2, 0) is 6.54 Å². The van der Waals surface area contributed by atoms with E-state index >= 15 is 0 Å². The van der Waals surface area contributed by atoms with E-state index in [9.17, 15) is 4.39 Å². The Bertz CT molecular complexity index is 754. The fraction of sp³-hybridized carbons (Fsp3) is 0.400. The molecular weight excluding hydrogens is 319 g/mol. The van der Waals surface area contributed by atoms with Crippen LogP contribution in [-0.4, -0.2) is 19.3 Å². The van der Waals surface area contributed by atoms with E-state index in [-0.39, 0.29) is 17.5 Å². The first-order valence-electron chi connectivity index (χ1n) is 8.45. The van der Waals surface area contributed by atoms with Crippen molar-refractivity contribution in [1.82, 2.24) is 0 Å². The van der Waals surface area contributed by atoms with Gasteiger partial charge < -0.3 is 20.1 Å². The predicted octanol–water partition coefficient (Wildman–Crippen LogP) is 4.03. The summed E-state index contributed by atoms with van der Waals surface area (Å²) in [6.45, 7) is 6.93. The lowest BCUT2D eigenvalue weighted by atomic mass is 10.0. The first-order valence-corrected chi connectivity index (χ1v) is 8.45. The zero-order chi connectivity index (χ0) is 18.2. The van der Waals surface area contributed by atoms with Crippen molar-refractivity contribution in [3.05, 3.63) is 53.3 Å². The SMILES string of the molecule is COc1ccc(F)c2c1CN(c1ccc(OC(C)(C)C)cc1)C2CN. The second-order valence-electron chi connectivity index (χ2n) is 7.23. The Kier molecular flexibility index (Phi) is 4.60. The van der Waals surface area contributed by atoms with Crippen molar-refractivity contribution in [2.24, 2.45) is 5.73 Å². The van der Waals surface area contributed by atoms with Gasteiger partial charge in [0.1, 0.15) is 22.9 Å². The molecule has 2 aromatic carbocycles. The quantitative estimate of drug-likeness (QED) is 0.910. The predicted molar refractivity (Wildman–Crippen MR) is 97.8 cm³/mol. The van der Waals surface area contributed by atoms with E-state index in [2.05, 4.69) is 4.90 Å². The number of methoxy groups -OCH3 is 1. The number of ether oxygens (including phenoxy) is 2. The van der Waals surface area contributed by atoms with Crippen molar-refractivity contribution < 1.29 is 13.9 Å². The summed E-state index contributed by atoms with van der Waals surface area (Å²) in [5, 5.41) is 0. The normalized spacial score (nSPS) is 16.7. The zero-order valence-corrected chi connectivity index (χ0v) is 15.2. The average molecular weight is 344 g/mol. The number of halogens is 1. The minimum absolute atomic E-state index is 0.209. The molecule has 134 valence electrons. The molecular formula is C20H25FN2O2. The zero-order valence-electron chi connectivity index (χ0n) is 15.2. The lowest BCUT2D eigenvalue weighted by molar-refractivity contribution is 0.131. The highest BCUT2D eigenvalue weighted by atomic mass is 19.1. The van der Waals surface area contributed by atoms with Crippen molar-refractivity contribution in [2.45, 2.75) is 39.0 Å². The first kappa shape index (κ1) is 17.5. The minimum Gasteiger partial charge on any atom is -0.496 e. The summed E-state index contributed by atoms with van der Waals surface area (Å²) in [6.07, 6.45) is 0. The number of rotatable bonds is 4. The molecule has 0 saturated heterocycles. The maximum atomic E-state index is 14.4. The van der Waals surface area contributed by atoms with Crippen LogP contribution in [0.4, 0.5) is 10.1 Å². The van der Waals surface area contributed by atoms with Gasteiger partial charge in [0, 0.05) is 29.9 Å². The molecule has 1 heterocycles. The summed E-state index contributed by atoms with van der Waals surface area (Å²) < 4.78 is 25.7. The lowest BCUT2D eigenvalue weighted by Crippen LogP contribution is -2.28. The summed E-state index contributed by atoms with van der Waals surface area (Å²) in [5.41, 5.74) is 8.21. The molecule has 2 aromatic rings. The van der Waals surface area contributed by atoms with Crippen LogP contribution in [0.1, 0.15) is 37.9 Å². The van der Waals surface area contributed by atoms with Gasteiger partial charge in [0.2, 0.25) is 0 Å². The molecule has 5 heteroatoms. The fourth-order valence-electron chi connectivity index (χ4n) is 3.34. The molecule has 0 fully saturated rings. The van der Waals surface area contributed by atoms with Gasteiger partial charge in [-0.05, 0) is 57.2 Å². The molecule has 0 aliphatic carbocycles. The molecule has 1 aliphatic rings. The summed E-state index contributed by atoms with van der Waals surface area (Å²) in [7, 11) is 1.60. The summed E-state index contributed by atoms with van der Waals surface area (Å²) in [5.74, 6) is 1.27. The number of hydrogen-bond donors (Lipinski definition) is 1. The molecule has 2 N–H and O–H groups in total. The Morgan fingerprint density at radius 2 is 1.84 bits per heavy atom. The molecule has 1 aliphatic heterocycles. The number of hydrogen-bond acceptors (Lipinski definition) is 4. The van der Waals surface area contributed by atoms with Crippen molar-refractivity contribution in [3.8, 4) is 11.5 Å². The van der Waals surface area contributed by atoms with Crippen LogP contribution in [0.5, 0.6) is 11.5 Å². The number of benzene rings is 2. The standard InChI is InChI=1S/C20H25FN2O2/c1-20(2,3)25-14-7-5-13(6-8-14)23-12-15-18(24-4)10-9-16(21)19(15)17(23)11-22/h5-10,17H,11-12,22H2,1-4H3. The third kappa shape index (κ3) is 3.42. The van der Waals surface area contributed by atoms with Crippen LogP contribution in [0.3, 0.4) is 0 Å². The van der Waals surface area contributed by atoms with Gasteiger partial charge in [-0.3, -0.25) is 0 Å². The summed E-state index contributed by atoms with van der Waals surface area (Å²) in [4.78, 5) is 2.11. The molecule has 4 nitrogen and oxygen atoms in total. The van der Waals surface area contributed by atoms with Crippen LogP contribution >= 0.6 is 0 Å². The number of fused-ring (bicyclic) bond motifs is 1. The van der Waals surface area contributed by atoms with Gasteiger partial charge in [0.15, 0.2) is 0 Å². The summed E-state index contributed by atoms with van der Waals surface area (Å²) >= 11 is 0. The smallest absolute Gasteiger partial charge is 0.129 e. The van der Waals surface area contributed by atoms with E-state index in [0.29, 0.717) is 24.4 Å². The highest BCUT2D eigenvalue weighted by molar-refractivity contribution is 5.59. The maximum absolute atomic E-state index is 14.4. The molecule has 0 aromatic heterocycles. The van der Waals surface area contributed by atoms with E-state index in [1.807, 2.05) is 45.0 Å². The van der Waals surface area contributed by atoms with Crippen molar-refractivity contribution >= 4 is 5.69 Å². The molecule has 0 radical (unpaired) electrons. The summed E-state index contributed by atoms with van der Waals surface area (Å²) in [6, 6.07) is 10.8. The number of anilines is 1. The number of nitrogens with two attached hydrogens (primary N) is 1. The van der Waals surface area contributed by atoms with Gasteiger partial charge >= 0.3 is 0 Å². The molecule has 0 spiro atoms. The van der Waals surface area contributed by atoms with Gasteiger partial charge in [-0.25, -0.2) is 4.39 Å². The van der Waals surface area contributed by atoms with Gasteiger partial charge in [-0.15, -0.1) is 0 Å². The van der Waals surface area contributed by atoms with E-state index < -0.39 is 0 Å². The minimum atomic E-state index is -0.248. The molecule has 25 heavy (non-hydrogen) atoms. The molecule has 0 bridgehead atoms.